The second-order valence-electron chi connectivity index (χ2n) is 7.62. The van der Waals surface area contributed by atoms with Gasteiger partial charge in [0.2, 0.25) is 5.91 Å². The van der Waals surface area contributed by atoms with E-state index in [1.54, 1.807) is 6.20 Å². The standard InChI is InChI=1S/C23H30N2O2/c1-5-12-27-21-13-15(2)19-10-9-18(14-20(19)17(21)4)16(3)23(26)25-22-8-6-7-11-24-22/h6-8,11,13,16,18H,5,9-10,12,14H2,1-4H3,(H,24,25,26)/t16-,18-/m1/s1. The van der Waals surface area contributed by atoms with Crippen LogP contribution in [0.2, 0.25) is 0 Å². The van der Waals surface area contributed by atoms with Gasteiger partial charge in [-0.1, -0.05) is 19.9 Å². The molecule has 1 N–H and O–H groups in total. The van der Waals surface area contributed by atoms with Crippen LogP contribution in [-0.2, 0) is 17.6 Å². The third kappa shape index (κ3) is 4.32. The van der Waals surface area contributed by atoms with E-state index in [0.29, 0.717) is 11.7 Å². The van der Waals surface area contributed by atoms with Gasteiger partial charge in [0.05, 0.1) is 6.61 Å². The Balaban J connectivity index is 1.76. The number of nitrogens with one attached hydrogen (secondary N) is 1. The van der Waals surface area contributed by atoms with Crippen LogP contribution < -0.4 is 10.1 Å². The number of aromatic nitrogens is 1. The van der Waals surface area contributed by atoms with E-state index < -0.39 is 0 Å². The topological polar surface area (TPSA) is 51.2 Å². The van der Waals surface area contributed by atoms with Gasteiger partial charge < -0.3 is 10.1 Å². The third-order valence-corrected chi connectivity index (χ3v) is 5.74. The maximum atomic E-state index is 12.7. The Morgan fingerprint density at radius 2 is 2.15 bits per heavy atom. The van der Waals surface area contributed by atoms with Crippen LogP contribution in [0.4, 0.5) is 5.82 Å². The van der Waals surface area contributed by atoms with Crippen molar-refractivity contribution >= 4 is 11.7 Å². The highest BCUT2D eigenvalue weighted by Gasteiger charge is 2.30. The Kier molecular flexibility index (Phi) is 6.15. The maximum Gasteiger partial charge on any atom is 0.228 e. The highest BCUT2D eigenvalue weighted by atomic mass is 16.5. The third-order valence-electron chi connectivity index (χ3n) is 5.74. The van der Waals surface area contributed by atoms with Crippen LogP contribution >= 0.6 is 0 Å². The van der Waals surface area contributed by atoms with Crippen molar-refractivity contribution in [3.05, 3.63) is 52.7 Å². The molecule has 1 aromatic heterocycles. The number of amides is 1. The zero-order chi connectivity index (χ0) is 19.4. The van der Waals surface area contributed by atoms with Crippen molar-refractivity contribution in [1.82, 2.24) is 4.98 Å². The van der Waals surface area contributed by atoms with E-state index in [0.717, 1.165) is 38.0 Å². The number of aryl methyl sites for hydroxylation is 1. The quantitative estimate of drug-likeness (QED) is 0.794. The molecule has 0 unspecified atom stereocenters. The number of anilines is 1. The summed E-state index contributed by atoms with van der Waals surface area (Å²) < 4.78 is 5.97. The summed E-state index contributed by atoms with van der Waals surface area (Å²) in [5, 5.41) is 2.95. The Morgan fingerprint density at radius 3 is 2.85 bits per heavy atom. The van der Waals surface area contributed by atoms with Crippen molar-refractivity contribution in [1.29, 1.82) is 0 Å². The summed E-state index contributed by atoms with van der Waals surface area (Å²) in [6, 6.07) is 7.74. The Hall–Kier alpha value is -2.36. The Morgan fingerprint density at radius 1 is 1.33 bits per heavy atom. The van der Waals surface area contributed by atoms with Crippen molar-refractivity contribution in [3.63, 3.8) is 0 Å². The molecule has 1 heterocycles. The number of fused-ring (bicyclic) bond motifs is 1. The second-order valence-corrected chi connectivity index (χ2v) is 7.62. The molecule has 1 aromatic carbocycles. The van der Waals surface area contributed by atoms with Crippen LogP contribution in [0.3, 0.4) is 0 Å². The summed E-state index contributed by atoms with van der Waals surface area (Å²) >= 11 is 0. The SMILES string of the molecule is CCCOc1cc(C)c2c(c1C)C[C@H]([C@@H](C)C(=O)Nc1ccccn1)CC2. The van der Waals surface area contributed by atoms with E-state index >= 15 is 0 Å². The van der Waals surface area contributed by atoms with Crippen molar-refractivity contribution in [2.45, 2.75) is 53.4 Å². The van der Waals surface area contributed by atoms with Crippen LogP contribution in [-0.4, -0.2) is 17.5 Å². The number of nitrogens with zero attached hydrogens (tertiary/aromatic N) is 1. The van der Waals surface area contributed by atoms with Crippen LogP contribution in [0.1, 0.15) is 48.9 Å². The highest BCUT2D eigenvalue weighted by molar-refractivity contribution is 5.91. The number of carbonyl (C=O) groups excluding carboxylic acids is 1. The van der Waals surface area contributed by atoms with E-state index in [9.17, 15) is 4.79 Å². The number of hydrogen-bond donors (Lipinski definition) is 1. The summed E-state index contributed by atoms with van der Waals surface area (Å²) in [6.07, 6.45) is 5.70. The lowest BCUT2D eigenvalue weighted by atomic mass is 9.74. The number of benzene rings is 1. The van der Waals surface area contributed by atoms with Crippen molar-refractivity contribution in [2.75, 3.05) is 11.9 Å². The Labute approximate surface area is 162 Å². The summed E-state index contributed by atoms with van der Waals surface area (Å²) in [5.41, 5.74) is 5.39. The lowest BCUT2D eigenvalue weighted by Gasteiger charge is -2.31. The summed E-state index contributed by atoms with van der Waals surface area (Å²) in [5.74, 6) is 1.95. The van der Waals surface area contributed by atoms with Crippen LogP contribution in [0, 0.1) is 25.7 Å². The van der Waals surface area contributed by atoms with Crippen LogP contribution in [0.15, 0.2) is 30.5 Å². The molecule has 0 aliphatic heterocycles. The summed E-state index contributed by atoms with van der Waals surface area (Å²) in [4.78, 5) is 16.9. The minimum absolute atomic E-state index is 0.0508. The average molecular weight is 367 g/mol. The van der Waals surface area contributed by atoms with Gasteiger partial charge in [-0.3, -0.25) is 4.79 Å². The minimum Gasteiger partial charge on any atom is -0.493 e. The molecular formula is C23H30N2O2. The highest BCUT2D eigenvalue weighted by Crippen LogP contribution is 2.38. The van der Waals surface area contributed by atoms with Crippen molar-refractivity contribution in [3.8, 4) is 5.75 Å². The molecule has 3 rings (SSSR count). The minimum atomic E-state index is -0.0555. The fourth-order valence-electron chi connectivity index (χ4n) is 4.00. The maximum absolute atomic E-state index is 12.7. The second kappa shape index (κ2) is 8.55. The lowest BCUT2D eigenvalue weighted by molar-refractivity contribution is -0.121. The van der Waals surface area contributed by atoms with Gasteiger partial charge in [-0.25, -0.2) is 4.98 Å². The number of carbonyl (C=O) groups is 1. The first-order chi connectivity index (χ1) is 13.0. The molecule has 0 fully saturated rings. The van der Waals surface area contributed by atoms with Gasteiger partial charge in [-0.2, -0.15) is 0 Å². The molecule has 27 heavy (non-hydrogen) atoms. The molecule has 1 aliphatic rings. The smallest absolute Gasteiger partial charge is 0.228 e. The first-order valence-electron chi connectivity index (χ1n) is 9.97. The molecular weight excluding hydrogens is 336 g/mol. The summed E-state index contributed by atoms with van der Waals surface area (Å²) in [7, 11) is 0. The molecule has 1 aliphatic carbocycles. The fraction of sp³-hybridized carbons (Fsp3) is 0.478. The predicted octanol–water partition coefficient (Wildman–Crippen LogP) is 4.87. The van der Waals surface area contributed by atoms with Gasteiger partial charge in [0.1, 0.15) is 11.6 Å². The Bertz CT molecular complexity index is 802. The van der Waals surface area contributed by atoms with E-state index in [2.05, 4.69) is 37.1 Å². The van der Waals surface area contributed by atoms with Gasteiger partial charge >= 0.3 is 0 Å². The zero-order valence-electron chi connectivity index (χ0n) is 16.8. The van der Waals surface area contributed by atoms with E-state index in [-0.39, 0.29) is 11.8 Å². The molecule has 0 saturated carbocycles. The van der Waals surface area contributed by atoms with Crippen molar-refractivity contribution < 1.29 is 9.53 Å². The van der Waals surface area contributed by atoms with Crippen LogP contribution in [0.5, 0.6) is 5.75 Å². The van der Waals surface area contributed by atoms with Gasteiger partial charge in [0.25, 0.3) is 0 Å². The van der Waals surface area contributed by atoms with Crippen molar-refractivity contribution in [2.24, 2.45) is 11.8 Å². The first kappa shape index (κ1) is 19.4. The molecule has 144 valence electrons. The molecule has 1 amide bonds. The molecule has 2 aromatic rings. The van der Waals surface area contributed by atoms with E-state index in [1.807, 2.05) is 25.1 Å². The number of pyridine rings is 1. The zero-order valence-corrected chi connectivity index (χ0v) is 16.8. The molecule has 0 spiro atoms. The van der Waals surface area contributed by atoms with Gasteiger partial charge in [0.15, 0.2) is 0 Å². The fourth-order valence-corrected chi connectivity index (χ4v) is 4.00. The van der Waals surface area contributed by atoms with E-state index in [1.165, 1.54) is 22.3 Å². The van der Waals surface area contributed by atoms with E-state index in [4.69, 9.17) is 4.74 Å². The first-order valence-corrected chi connectivity index (χ1v) is 9.97. The molecule has 0 radical (unpaired) electrons. The van der Waals surface area contributed by atoms with Gasteiger partial charge in [-0.15, -0.1) is 0 Å². The lowest BCUT2D eigenvalue weighted by Crippen LogP contribution is -2.31. The molecule has 4 heteroatoms. The van der Waals surface area contributed by atoms with Gasteiger partial charge in [-0.05, 0) is 85.9 Å². The largest absolute Gasteiger partial charge is 0.493 e. The molecule has 0 bridgehead atoms. The number of rotatable bonds is 6. The molecule has 0 saturated heterocycles. The average Bonchev–Trinajstić information content (AvgIpc) is 2.69. The molecule has 2 atom stereocenters. The molecule has 4 nitrogen and oxygen atoms in total. The number of ether oxygens (including phenoxy) is 1. The summed E-state index contributed by atoms with van der Waals surface area (Å²) in [6.45, 7) is 9.23. The normalized spacial score (nSPS) is 17.1. The van der Waals surface area contributed by atoms with Crippen LogP contribution in [0.25, 0.3) is 0 Å². The predicted molar refractivity (Wildman–Crippen MR) is 109 cm³/mol. The monoisotopic (exact) mass is 366 g/mol. The van der Waals surface area contributed by atoms with Gasteiger partial charge in [0, 0.05) is 12.1 Å². The number of hydrogen-bond acceptors (Lipinski definition) is 3.